The lowest BCUT2D eigenvalue weighted by Gasteiger charge is -2.06. The van der Waals surface area contributed by atoms with Crippen molar-refractivity contribution in [3.8, 4) is 28.7 Å². The zero-order valence-corrected chi connectivity index (χ0v) is 15.3. The fourth-order valence-corrected chi connectivity index (χ4v) is 3.55. The van der Waals surface area contributed by atoms with Gasteiger partial charge in [-0.2, -0.15) is 4.98 Å². The number of thiophene rings is 1. The minimum atomic E-state index is 0.377. The molecule has 7 nitrogen and oxygen atoms in total. The maximum atomic E-state index is 5.78. The summed E-state index contributed by atoms with van der Waals surface area (Å²) in [5.74, 6) is 1.63. The van der Waals surface area contributed by atoms with Crippen LogP contribution in [0.2, 0.25) is 0 Å². The van der Waals surface area contributed by atoms with E-state index >= 15 is 0 Å². The van der Waals surface area contributed by atoms with E-state index in [1.165, 1.54) is 6.33 Å². The molecule has 5 aromatic rings. The van der Waals surface area contributed by atoms with Gasteiger partial charge in [0.15, 0.2) is 0 Å². The van der Waals surface area contributed by atoms with E-state index in [1.54, 1.807) is 23.7 Å². The highest BCUT2D eigenvalue weighted by molar-refractivity contribution is 7.17. The standard InChI is InChI=1S/C20H13N5O2S/c1-2-13(10-21-8-1)11-26-15-5-3-14(4-6-15)19-24-20(27-25-19)17-18-16(7-9-28-18)22-12-23-17/h1-10,12H,11H2. The lowest BCUT2D eigenvalue weighted by Crippen LogP contribution is -1.95. The van der Waals surface area contributed by atoms with Crippen molar-refractivity contribution in [1.29, 1.82) is 0 Å². The van der Waals surface area contributed by atoms with Crippen LogP contribution in [-0.2, 0) is 6.61 Å². The Morgan fingerprint density at radius 2 is 1.96 bits per heavy atom. The molecule has 0 saturated heterocycles. The number of hydrogen-bond acceptors (Lipinski definition) is 8. The highest BCUT2D eigenvalue weighted by atomic mass is 32.1. The third-order valence-electron chi connectivity index (χ3n) is 4.11. The topological polar surface area (TPSA) is 86.8 Å². The molecule has 4 heterocycles. The maximum absolute atomic E-state index is 5.78. The molecule has 28 heavy (non-hydrogen) atoms. The van der Waals surface area contributed by atoms with Gasteiger partial charge < -0.3 is 9.26 Å². The predicted octanol–water partition coefficient (Wildman–Crippen LogP) is 4.38. The molecule has 8 heteroatoms. The van der Waals surface area contributed by atoms with Crippen molar-refractivity contribution in [2.75, 3.05) is 0 Å². The Balaban J connectivity index is 1.35. The first-order valence-electron chi connectivity index (χ1n) is 8.51. The van der Waals surface area contributed by atoms with Crippen LogP contribution in [0.5, 0.6) is 5.75 Å². The number of pyridine rings is 1. The van der Waals surface area contributed by atoms with Crippen LogP contribution < -0.4 is 4.74 Å². The van der Waals surface area contributed by atoms with Gasteiger partial charge in [-0.3, -0.25) is 4.98 Å². The van der Waals surface area contributed by atoms with Crippen molar-refractivity contribution in [3.05, 3.63) is 72.1 Å². The Morgan fingerprint density at radius 3 is 2.82 bits per heavy atom. The lowest BCUT2D eigenvalue weighted by molar-refractivity contribution is 0.306. The fraction of sp³-hybridized carbons (Fsp3) is 0.0500. The highest BCUT2D eigenvalue weighted by Crippen LogP contribution is 2.30. The monoisotopic (exact) mass is 387 g/mol. The van der Waals surface area contributed by atoms with Gasteiger partial charge in [0.2, 0.25) is 5.82 Å². The number of benzene rings is 1. The zero-order valence-electron chi connectivity index (χ0n) is 14.5. The summed E-state index contributed by atoms with van der Waals surface area (Å²) in [5.41, 5.74) is 3.36. The molecular formula is C20H13N5O2S. The van der Waals surface area contributed by atoms with E-state index in [1.807, 2.05) is 47.8 Å². The average Bonchev–Trinajstić information content (AvgIpc) is 3.43. The number of rotatable bonds is 5. The molecule has 0 bridgehead atoms. The van der Waals surface area contributed by atoms with Gasteiger partial charge in [0.1, 0.15) is 24.4 Å². The van der Waals surface area contributed by atoms with Crippen LogP contribution >= 0.6 is 11.3 Å². The van der Waals surface area contributed by atoms with E-state index < -0.39 is 0 Å². The van der Waals surface area contributed by atoms with Crippen LogP contribution in [0.3, 0.4) is 0 Å². The molecule has 5 rings (SSSR count). The number of hydrogen-bond donors (Lipinski definition) is 0. The molecule has 0 fully saturated rings. The minimum absolute atomic E-state index is 0.377. The SMILES string of the molecule is c1cncc(COc2ccc(-c3noc(-c4ncnc5ccsc45)n3)cc2)c1. The third kappa shape index (κ3) is 3.21. The first-order chi connectivity index (χ1) is 13.9. The van der Waals surface area contributed by atoms with Crippen molar-refractivity contribution in [1.82, 2.24) is 25.1 Å². The summed E-state index contributed by atoms with van der Waals surface area (Å²) in [7, 11) is 0. The Kier molecular flexibility index (Phi) is 4.23. The normalized spacial score (nSPS) is 11.0. The van der Waals surface area contributed by atoms with Gasteiger partial charge in [-0.15, -0.1) is 11.3 Å². The second-order valence-corrected chi connectivity index (χ2v) is 6.87. The predicted molar refractivity (Wildman–Crippen MR) is 105 cm³/mol. The summed E-state index contributed by atoms with van der Waals surface area (Å²) < 4.78 is 12.1. The summed E-state index contributed by atoms with van der Waals surface area (Å²) >= 11 is 1.55. The van der Waals surface area contributed by atoms with E-state index in [0.717, 1.165) is 27.1 Å². The van der Waals surface area contributed by atoms with Crippen LogP contribution in [-0.4, -0.2) is 25.1 Å². The van der Waals surface area contributed by atoms with Crippen LogP contribution in [0.4, 0.5) is 0 Å². The van der Waals surface area contributed by atoms with Gasteiger partial charge in [0.05, 0.1) is 10.2 Å². The zero-order chi connectivity index (χ0) is 18.8. The number of nitrogens with zero attached hydrogens (tertiary/aromatic N) is 5. The lowest BCUT2D eigenvalue weighted by atomic mass is 10.2. The fourth-order valence-electron chi connectivity index (χ4n) is 2.73. The first-order valence-corrected chi connectivity index (χ1v) is 9.39. The van der Waals surface area contributed by atoms with E-state index in [-0.39, 0.29) is 0 Å². The number of fused-ring (bicyclic) bond motifs is 1. The summed E-state index contributed by atoms with van der Waals surface area (Å²) in [5, 5.41) is 6.05. The van der Waals surface area contributed by atoms with Gasteiger partial charge in [0, 0.05) is 23.5 Å². The summed E-state index contributed by atoms with van der Waals surface area (Å²) in [6, 6.07) is 13.3. The average molecular weight is 387 g/mol. The molecule has 0 radical (unpaired) electrons. The molecule has 0 saturated carbocycles. The van der Waals surface area contributed by atoms with E-state index in [0.29, 0.717) is 24.0 Å². The van der Waals surface area contributed by atoms with Crippen molar-refractivity contribution in [2.45, 2.75) is 6.61 Å². The summed E-state index contributed by atoms with van der Waals surface area (Å²) in [4.78, 5) is 17.1. The van der Waals surface area contributed by atoms with Crippen molar-refractivity contribution < 1.29 is 9.26 Å². The quantitative estimate of drug-likeness (QED) is 0.442. The molecule has 0 spiro atoms. The van der Waals surface area contributed by atoms with Crippen molar-refractivity contribution in [2.24, 2.45) is 0 Å². The molecular weight excluding hydrogens is 374 g/mol. The largest absolute Gasteiger partial charge is 0.489 e. The van der Waals surface area contributed by atoms with Gasteiger partial charge in [-0.1, -0.05) is 11.2 Å². The summed E-state index contributed by atoms with van der Waals surface area (Å²) in [6.07, 6.45) is 5.03. The van der Waals surface area contributed by atoms with Crippen LogP contribution in [0.25, 0.3) is 33.2 Å². The van der Waals surface area contributed by atoms with Gasteiger partial charge in [0.25, 0.3) is 5.89 Å². The van der Waals surface area contributed by atoms with E-state index in [4.69, 9.17) is 9.26 Å². The molecule has 4 aromatic heterocycles. The Morgan fingerprint density at radius 1 is 1.04 bits per heavy atom. The van der Waals surface area contributed by atoms with Crippen LogP contribution in [0, 0.1) is 0 Å². The van der Waals surface area contributed by atoms with Gasteiger partial charge >= 0.3 is 0 Å². The van der Waals surface area contributed by atoms with E-state index in [9.17, 15) is 0 Å². The Hall–Kier alpha value is -3.65. The second kappa shape index (κ2) is 7.16. The second-order valence-electron chi connectivity index (χ2n) is 5.95. The molecule has 0 unspecified atom stereocenters. The minimum Gasteiger partial charge on any atom is -0.489 e. The molecule has 1 aromatic carbocycles. The number of ether oxygens (including phenoxy) is 1. The Bertz CT molecular complexity index is 1220. The van der Waals surface area contributed by atoms with Crippen LogP contribution in [0.15, 0.2) is 71.1 Å². The molecule has 0 aliphatic carbocycles. The van der Waals surface area contributed by atoms with Crippen molar-refractivity contribution in [3.63, 3.8) is 0 Å². The summed E-state index contributed by atoms with van der Waals surface area (Å²) in [6.45, 7) is 0.462. The molecule has 0 amide bonds. The Labute approximate surface area is 163 Å². The van der Waals surface area contributed by atoms with E-state index in [2.05, 4.69) is 25.1 Å². The molecule has 0 atom stereocenters. The van der Waals surface area contributed by atoms with Crippen LogP contribution in [0.1, 0.15) is 5.56 Å². The molecule has 0 N–H and O–H groups in total. The number of aromatic nitrogens is 5. The third-order valence-corrected chi connectivity index (χ3v) is 5.02. The smallest absolute Gasteiger partial charge is 0.278 e. The first kappa shape index (κ1) is 16.5. The van der Waals surface area contributed by atoms with Crippen molar-refractivity contribution >= 4 is 21.6 Å². The maximum Gasteiger partial charge on any atom is 0.278 e. The molecule has 0 aliphatic heterocycles. The van der Waals surface area contributed by atoms with Gasteiger partial charge in [-0.05, 0) is 41.8 Å². The molecule has 136 valence electrons. The highest BCUT2D eigenvalue weighted by Gasteiger charge is 2.16. The molecule has 0 aliphatic rings. The van der Waals surface area contributed by atoms with Gasteiger partial charge in [-0.25, -0.2) is 9.97 Å².